The van der Waals surface area contributed by atoms with Gasteiger partial charge in [0.1, 0.15) is 0 Å². The third-order valence-corrected chi connectivity index (χ3v) is 4.34. The summed E-state index contributed by atoms with van der Waals surface area (Å²) in [6, 6.07) is 11.8. The molecule has 0 aliphatic heterocycles. The Labute approximate surface area is 136 Å². The van der Waals surface area contributed by atoms with Crippen LogP contribution < -0.4 is 0 Å². The molecule has 105 valence electrons. The number of hydrogen-bond donors (Lipinski definition) is 0. The van der Waals surface area contributed by atoms with E-state index in [9.17, 15) is 0 Å². The molecule has 2 heterocycles. The third-order valence-electron chi connectivity index (χ3n) is 3.30. The van der Waals surface area contributed by atoms with E-state index in [1.54, 1.807) is 11.3 Å². The van der Waals surface area contributed by atoms with Crippen molar-refractivity contribution in [3.8, 4) is 21.1 Å². The maximum Gasteiger partial charge on any atom is 0.0474 e. The number of imidazole rings is 1. The van der Waals surface area contributed by atoms with Gasteiger partial charge in [-0.2, -0.15) is 12.1 Å². The Kier molecular flexibility index (Phi) is 4.59. The average Bonchev–Trinajstić information content (AvgIpc) is 2.98. The summed E-state index contributed by atoms with van der Waals surface area (Å²) in [5.74, 6) is 0.975. The van der Waals surface area contributed by atoms with E-state index in [0.29, 0.717) is 0 Å². The Bertz CT molecular complexity index is 707. The third kappa shape index (κ3) is 2.64. The summed E-state index contributed by atoms with van der Waals surface area (Å²) in [5, 5.41) is 0. The Hall–Kier alpha value is -1.22. The quantitative estimate of drug-likeness (QED) is 0.525. The zero-order valence-electron chi connectivity index (χ0n) is 11.6. The second-order valence-corrected chi connectivity index (χ2v) is 5.76. The summed E-state index contributed by atoms with van der Waals surface area (Å²) in [6.45, 7) is 4.31. The molecule has 3 aromatic rings. The van der Waals surface area contributed by atoms with Crippen LogP contribution in [-0.4, -0.2) is 9.55 Å². The van der Waals surface area contributed by atoms with Gasteiger partial charge in [-0.15, -0.1) is 0 Å². The monoisotopic (exact) mass is 460 g/mol. The van der Waals surface area contributed by atoms with Crippen molar-refractivity contribution < 1.29 is 20.1 Å². The Morgan fingerprint density at radius 1 is 1.20 bits per heavy atom. The van der Waals surface area contributed by atoms with E-state index in [-0.39, 0.29) is 20.1 Å². The SMILES string of the molecule is Cc1cccc(C)c1-c1c[c-]c(-c2nccn2C)s1.[Ir]. The van der Waals surface area contributed by atoms with Crippen LogP contribution in [0.15, 0.2) is 36.7 Å². The number of rotatable bonds is 2. The van der Waals surface area contributed by atoms with Crippen LogP contribution in [0.5, 0.6) is 0 Å². The maximum atomic E-state index is 4.38. The fraction of sp³-hybridized carbons (Fsp3) is 0.188. The van der Waals surface area contributed by atoms with E-state index < -0.39 is 0 Å². The molecule has 0 unspecified atom stereocenters. The van der Waals surface area contributed by atoms with E-state index in [2.05, 4.69) is 49.2 Å². The van der Waals surface area contributed by atoms with Crippen LogP contribution in [0, 0.1) is 19.9 Å². The van der Waals surface area contributed by atoms with Crippen LogP contribution in [0.1, 0.15) is 11.1 Å². The first kappa shape index (κ1) is 15.2. The van der Waals surface area contributed by atoms with Crippen molar-refractivity contribution in [3.63, 3.8) is 0 Å². The molecule has 4 heteroatoms. The molecular weight excluding hydrogens is 444 g/mol. The number of benzene rings is 1. The van der Waals surface area contributed by atoms with Crippen LogP contribution in [0.25, 0.3) is 21.1 Å². The first-order chi connectivity index (χ1) is 9.16. The van der Waals surface area contributed by atoms with Crippen LogP contribution >= 0.6 is 11.3 Å². The van der Waals surface area contributed by atoms with Gasteiger partial charge in [0, 0.05) is 45.4 Å². The van der Waals surface area contributed by atoms with Crippen molar-refractivity contribution in [2.45, 2.75) is 13.8 Å². The first-order valence-electron chi connectivity index (χ1n) is 6.22. The van der Waals surface area contributed by atoms with Gasteiger partial charge in [-0.05, 0) is 13.8 Å². The van der Waals surface area contributed by atoms with E-state index in [4.69, 9.17) is 0 Å². The van der Waals surface area contributed by atoms with Gasteiger partial charge in [0.05, 0.1) is 0 Å². The van der Waals surface area contributed by atoms with Gasteiger partial charge < -0.3 is 4.57 Å². The van der Waals surface area contributed by atoms with Crippen molar-refractivity contribution in [1.82, 2.24) is 9.55 Å². The van der Waals surface area contributed by atoms with Crippen molar-refractivity contribution >= 4 is 11.3 Å². The van der Waals surface area contributed by atoms with E-state index in [1.165, 1.54) is 21.6 Å². The fourth-order valence-electron chi connectivity index (χ4n) is 2.32. The van der Waals surface area contributed by atoms with Gasteiger partial charge in [0.15, 0.2) is 0 Å². The van der Waals surface area contributed by atoms with E-state index in [1.807, 2.05) is 24.0 Å². The number of aryl methyl sites for hydroxylation is 3. The molecular formula is C16H15IrN2S-. The van der Waals surface area contributed by atoms with Crippen LogP contribution in [0.4, 0.5) is 0 Å². The van der Waals surface area contributed by atoms with Gasteiger partial charge in [-0.25, -0.2) is 11.3 Å². The minimum Gasteiger partial charge on any atom is -0.385 e. The molecule has 0 N–H and O–H groups in total. The van der Waals surface area contributed by atoms with Crippen molar-refractivity contribution in [2.75, 3.05) is 0 Å². The number of hydrogen-bond acceptors (Lipinski definition) is 2. The molecule has 0 spiro atoms. The summed E-state index contributed by atoms with van der Waals surface area (Å²) in [4.78, 5) is 6.73. The predicted octanol–water partition coefficient (Wildman–Crippen LogP) is 4.23. The number of thiophene rings is 1. The molecule has 0 saturated carbocycles. The molecule has 2 aromatic heterocycles. The van der Waals surface area contributed by atoms with Gasteiger partial charge in [0.2, 0.25) is 0 Å². The molecule has 1 aromatic carbocycles. The standard InChI is InChI=1S/C16H15N2S.Ir/c1-11-5-4-6-12(2)15(11)13-7-8-14(19-13)16-17-9-10-18(16)3;/h4-7,9-10H,1-3H3;/q-1;. The van der Waals surface area contributed by atoms with Crippen molar-refractivity contribution in [1.29, 1.82) is 0 Å². The molecule has 3 rings (SSSR count). The van der Waals surface area contributed by atoms with Crippen LogP contribution in [0.3, 0.4) is 0 Å². The molecule has 0 saturated heterocycles. The molecule has 2 nitrogen and oxygen atoms in total. The van der Waals surface area contributed by atoms with Crippen LogP contribution in [-0.2, 0) is 27.2 Å². The van der Waals surface area contributed by atoms with E-state index >= 15 is 0 Å². The second-order valence-electron chi connectivity index (χ2n) is 4.71. The summed E-state index contributed by atoms with van der Waals surface area (Å²) < 4.78 is 2.02. The molecule has 0 bridgehead atoms. The minimum atomic E-state index is 0. The van der Waals surface area contributed by atoms with Crippen LogP contribution in [0.2, 0.25) is 0 Å². The summed E-state index contributed by atoms with van der Waals surface area (Å²) >= 11 is 1.75. The number of nitrogens with zero attached hydrogens (tertiary/aromatic N) is 2. The molecule has 0 aliphatic carbocycles. The molecule has 0 aliphatic rings. The minimum absolute atomic E-state index is 0. The molecule has 20 heavy (non-hydrogen) atoms. The topological polar surface area (TPSA) is 17.8 Å². The average molecular weight is 460 g/mol. The smallest absolute Gasteiger partial charge is 0.0474 e. The predicted molar refractivity (Wildman–Crippen MR) is 80.3 cm³/mol. The molecule has 1 radical (unpaired) electrons. The van der Waals surface area contributed by atoms with E-state index in [0.717, 1.165) is 10.7 Å². The molecule has 0 fully saturated rings. The Morgan fingerprint density at radius 3 is 2.50 bits per heavy atom. The number of aromatic nitrogens is 2. The first-order valence-corrected chi connectivity index (χ1v) is 7.04. The molecule has 0 amide bonds. The summed E-state index contributed by atoms with van der Waals surface area (Å²) in [6.07, 6.45) is 3.78. The summed E-state index contributed by atoms with van der Waals surface area (Å²) in [5.41, 5.74) is 3.94. The summed E-state index contributed by atoms with van der Waals surface area (Å²) in [7, 11) is 2.01. The van der Waals surface area contributed by atoms with Crippen molar-refractivity contribution in [2.24, 2.45) is 7.05 Å². The zero-order chi connectivity index (χ0) is 13.4. The second kappa shape index (κ2) is 6.04. The maximum absolute atomic E-state index is 4.38. The van der Waals surface area contributed by atoms with Gasteiger partial charge in [0.25, 0.3) is 0 Å². The fourth-order valence-corrected chi connectivity index (χ4v) is 3.49. The Balaban J connectivity index is 0.00000147. The van der Waals surface area contributed by atoms with Gasteiger partial charge >= 0.3 is 0 Å². The van der Waals surface area contributed by atoms with Gasteiger partial charge in [-0.1, -0.05) is 44.6 Å². The Morgan fingerprint density at radius 2 is 1.90 bits per heavy atom. The van der Waals surface area contributed by atoms with Gasteiger partial charge in [-0.3, -0.25) is 4.98 Å². The molecule has 0 atom stereocenters. The van der Waals surface area contributed by atoms with Crippen molar-refractivity contribution in [3.05, 3.63) is 53.9 Å². The normalized spacial score (nSPS) is 10.3. The zero-order valence-corrected chi connectivity index (χ0v) is 14.8. The largest absolute Gasteiger partial charge is 0.385 e.